The smallest absolute Gasteiger partial charge is 0.277 e. The van der Waals surface area contributed by atoms with Gasteiger partial charge in [-0.3, -0.25) is 14.9 Å². The van der Waals surface area contributed by atoms with Crippen molar-refractivity contribution in [3.05, 3.63) is 27.9 Å². The van der Waals surface area contributed by atoms with Crippen LogP contribution < -0.4 is 11.1 Å². The van der Waals surface area contributed by atoms with Gasteiger partial charge in [0.05, 0.1) is 11.0 Å². The lowest BCUT2D eigenvalue weighted by Crippen LogP contribution is -2.36. The molecule has 7 heteroatoms. The van der Waals surface area contributed by atoms with Gasteiger partial charge in [-0.05, 0) is 20.8 Å². The maximum atomic E-state index is 10.9. The van der Waals surface area contributed by atoms with Crippen molar-refractivity contribution in [2.75, 3.05) is 5.32 Å². The molecule has 1 aromatic rings. The Kier molecular flexibility index (Phi) is 3.85. The molecule has 3 N–H and O–H groups in total. The number of anilines is 1. The van der Waals surface area contributed by atoms with Crippen molar-refractivity contribution >= 4 is 17.4 Å². The second-order valence-corrected chi connectivity index (χ2v) is 4.77. The van der Waals surface area contributed by atoms with Crippen LogP contribution in [0.25, 0.3) is 0 Å². The standard InChI is InChI=1S/C11H16N4O3/c1-7-6-13-10(4-8(7)15(17)18)14-11(2,3)5-9(12)16/h4,6H,5H2,1-3H3,(H2,12,16)(H,13,14). The summed E-state index contributed by atoms with van der Waals surface area (Å²) in [6, 6.07) is 1.35. The number of rotatable bonds is 5. The van der Waals surface area contributed by atoms with Crippen molar-refractivity contribution in [2.45, 2.75) is 32.7 Å². The topological polar surface area (TPSA) is 111 Å². The van der Waals surface area contributed by atoms with Gasteiger partial charge in [0.2, 0.25) is 5.91 Å². The molecule has 0 saturated heterocycles. The second kappa shape index (κ2) is 4.99. The van der Waals surface area contributed by atoms with Crippen LogP contribution in [0.1, 0.15) is 25.8 Å². The van der Waals surface area contributed by atoms with E-state index in [1.54, 1.807) is 20.8 Å². The first kappa shape index (κ1) is 13.9. The molecule has 0 aliphatic heterocycles. The second-order valence-electron chi connectivity index (χ2n) is 4.77. The van der Waals surface area contributed by atoms with Gasteiger partial charge in [0.1, 0.15) is 5.82 Å². The minimum absolute atomic E-state index is 0.0117. The number of hydrogen-bond acceptors (Lipinski definition) is 5. The first-order valence-electron chi connectivity index (χ1n) is 5.39. The summed E-state index contributed by atoms with van der Waals surface area (Å²) in [5.74, 6) is -0.104. The van der Waals surface area contributed by atoms with Crippen molar-refractivity contribution in [1.29, 1.82) is 0 Å². The first-order valence-corrected chi connectivity index (χ1v) is 5.39. The summed E-state index contributed by atoms with van der Waals surface area (Å²) in [5, 5.41) is 13.7. The predicted octanol–water partition coefficient (Wildman–Crippen LogP) is 1.36. The lowest BCUT2D eigenvalue weighted by atomic mass is 10.0. The van der Waals surface area contributed by atoms with Gasteiger partial charge in [0.15, 0.2) is 0 Å². The number of amides is 1. The molecule has 1 aromatic heterocycles. The Bertz CT molecular complexity index is 485. The van der Waals surface area contributed by atoms with Crippen molar-refractivity contribution in [3.63, 3.8) is 0 Å². The Morgan fingerprint density at radius 3 is 2.72 bits per heavy atom. The fourth-order valence-corrected chi connectivity index (χ4v) is 1.60. The first-order chi connectivity index (χ1) is 8.21. The predicted molar refractivity (Wildman–Crippen MR) is 67.1 cm³/mol. The molecule has 7 nitrogen and oxygen atoms in total. The summed E-state index contributed by atoms with van der Waals surface area (Å²) in [6.07, 6.45) is 1.52. The molecule has 0 saturated carbocycles. The quantitative estimate of drug-likeness (QED) is 0.607. The third-order valence-corrected chi connectivity index (χ3v) is 2.35. The molecular formula is C11H16N4O3. The summed E-state index contributed by atoms with van der Waals surface area (Å²) in [5.41, 5.74) is 4.99. The minimum atomic E-state index is -0.609. The van der Waals surface area contributed by atoms with Gasteiger partial charge < -0.3 is 11.1 Å². The third kappa shape index (κ3) is 3.69. The molecule has 0 fully saturated rings. The van der Waals surface area contributed by atoms with Crippen LogP contribution in [0.4, 0.5) is 11.5 Å². The number of nitrogens with zero attached hydrogens (tertiary/aromatic N) is 2. The third-order valence-electron chi connectivity index (χ3n) is 2.35. The molecule has 0 unspecified atom stereocenters. The number of aryl methyl sites for hydroxylation is 1. The number of aromatic nitrogens is 1. The number of primary amides is 1. The van der Waals surface area contributed by atoms with Gasteiger partial charge in [-0.15, -0.1) is 0 Å². The van der Waals surface area contributed by atoms with E-state index in [-0.39, 0.29) is 12.1 Å². The van der Waals surface area contributed by atoms with Crippen LogP contribution in [0.3, 0.4) is 0 Å². The van der Waals surface area contributed by atoms with Crippen LogP contribution in [0.15, 0.2) is 12.3 Å². The van der Waals surface area contributed by atoms with Gasteiger partial charge in [-0.2, -0.15) is 0 Å². The van der Waals surface area contributed by atoms with Crippen LogP contribution in [0.2, 0.25) is 0 Å². The summed E-state index contributed by atoms with van der Waals surface area (Å²) in [7, 11) is 0. The highest BCUT2D eigenvalue weighted by molar-refractivity contribution is 5.75. The molecule has 18 heavy (non-hydrogen) atoms. The van der Waals surface area contributed by atoms with Crippen LogP contribution in [-0.4, -0.2) is 21.4 Å². The Morgan fingerprint density at radius 2 is 2.22 bits per heavy atom. The SMILES string of the molecule is Cc1cnc(NC(C)(C)CC(N)=O)cc1[N+](=O)[O-]. The molecular weight excluding hydrogens is 236 g/mol. The summed E-state index contributed by atoms with van der Waals surface area (Å²) in [6.45, 7) is 5.15. The van der Waals surface area contributed by atoms with Crippen molar-refractivity contribution in [2.24, 2.45) is 5.73 Å². The fourth-order valence-electron chi connectivity index (χ4n) is 1.60. The average molecular weight is 252 g/mol. The Hall–Kier alpha value is -2.18. The number of pyridine rings is 1. The van der Waals surface area contributed by atoms with E-state index in [0.29, 0.717) is 11.4 Å². The number of nitrogens with one attached hydrogen (secondary N) is 1. The maximum absolute atomic E-state index is 10.9. The zero-order valence-corrected chi connectivity index (χ0v) is 10.6. The summed E-state index contributed by atoms with van der Waals surface area (Å²) >= 11 is 0. The highest BCUT2D eigenvalue weighted by Crippen LogP contribution is 2.23. The largest absolute Gasteiger partial charge is 0.370 e. The Labute approximate surface area is 105 Å². The average Bonchev–Trinajstić information content (AvgIpc) is 2.18. The van der Waals surface area contributed by atoms with E-state index in [2.05, 4.69) is 10.3 Å². The monoisotopic (exact) mass is 252 g/mol. The van der Waals surface area contributed by atoms with Crippen LogP contribution in [0, 0.1) is 17.0 Å². The number of carbonyl (C=O) groups is 1. The molecule has 0 aliphatic rings. The normalized spacial score (nSPS) is 11.1. The van der Waals surface area contributed by atoms with Gasteiger partial charge >= 0.3 is 0 Å². The van der Waals surface area contributed by atoms with E-state index < -0.39 is 16.4 Å². The fraction of sp³-hybridized carbons (Fsp3) is 0.455. The number of hydrogen-bond donors (Lipinski definition) is 2. The van der Waals surface area contributed by atoms with Crippen molar-refractivity contribution in [3.8, 4) is 0 Å². The Morgan fingerprint density at radius 1 is 1.61 bits per heavy atom. The number of nitrogens with two attached hydrogens (primary N) is 1. The van der Waals surface area contributed by atoms with Crippen molar-refractivity contribution in [1.82, 2.24) is 4.98 Å². The molecule has 0 spiro atoms. The molecule has 0 bridgehead atoms. The van der Waals surface area contributed by atoms with E-state index in [9.17, 15) is 14.9 Å². The number of nitro groups is 1. The molecule has 1 heterocycles. The van der Waals surface area contributed by atoms with Gasteiger partial charge in [-0.25, -0.2) is 4.98 Å². The molecule has 0 aromatic carbocycles. The zero-order valence-electron chi connectivity index (χ0n) is 10.6. The van der Waals surface area contributed by atoms with Gasteiger partial charge in [0.25, 0.3) is 5.69 Å². The molecule has 0 radical (unpaired) electrons. The lowest BCUT2D eigenvalue weighted by molar-refractivity contribution is -0.385. The van der Waals surface area contributed by atoms with Crippen LogP contribution in [0.5, 0.6) is 0 Å². The number of carbonyl (C=O) groups excluding carboxylic acids is 1. The van der Waals surface area contributed by atoms with Gasteiger partial charge in [0, 0.05) is 23.7 Å². The summed E-state index contributed by atoms with van der Waals surface area (Å²) < 4.78 is 0. The molecule has 1 rings (SSSR count). The molecule has 0 aliphatic carbocycles. The van der Waals surface area contributed by atoms with Crippen LogP contribution in [-0.2, 0) is 4.79 Å². The highest BCUT2D eigenvalue weighted by atomic mass is 16.6. The van der Waals surface area contributed by atoms with E-state index in [0.717, 1.165) is 0 Å². The van der Waals surface area contributed by atoms with E-state index in [1.807, 2.05) is 0 Å². The molecule has 0 atom stereocenters. The lowest BCUT2D eigenvalue weighted by Gasteiger charge is -2.25. The highest BCUT2D eigenvalue weighted by Gasteiger charge is 2.22. The van der Waals surface area contributed by atoms with E-state index >= 15 is 0 Å². The van der Waals surface area contributed by atoms with E-state index in [4.69, 9.17) is 5.73 Å². The summed E-state index contributed by atoms with van der Waals surface area (Å²) in [4.78, 5) is 25.3. The zero-order chi connectivity index (χ0) is 13.9. The van der Waals surface area contributed by atoms with Gasteiger partial charge in [-0.1, -0.05) is 0 Å². The minimum Gasteiger partial charge on any atom is -0.370 e. The van der Waals surface area contributed by atoms with Crippen LogP contribution >= 0.6 is 0 Å². The molecule has 98 valence electrons. The maximum Gasteiger partial charge on any atom is 0.277 e. The molecule has 1 amide bonds. The van der Waals surface area contributed by atoms with Crippen molar-refractivity contribution < 1.29 is 9.72 Å². The Balaban J connectivity index is 2.95. The van der Waals surface area contributed by atoms with E-state index in [1.165, 1.54) is 12.3 Å².